The van der Waals surface area contributed by atoms with Crippen LogP contribution in [0.15, 0.2) is 48.7 Å². The zero-order valence-electron chi connectivity index (χ0n) is 16.4. The number of ether oxygens (including phenoxy) is 1. The molecule has 1 amide bonds. The van der Waals surface area contributed by atoms with Crippen LogP contribution >= 0.6 is 11.6 Å². The minimum Gasteiger partial charge on any atom is -0.427 e. The highest BCUT2D eigenvalue weighted by atomic mass is 35.5. The van der Waals surface area contributed by atoms with Crippen LogP contribution in [0.4, 0.5) is 23.4 Å². The number of likely N-dealkylation sites (tertiary alicyclic amines) is 1. The quantitative estimate of drug-likeness (QED) is 0.524. The summed E-state index contributed by atoms with van der Waals surface area (Å²) in [6.45, 7) is 0.594. The Kier molecular flexibility index (Phi) is 6.05. The lowest BCUT2D eigenvalue weighted by Crippen LogP contribution is -2.35. The average molecular weight is 469 g/mol. The van der Waals surface area contributed by atoms with Crippen molar-refractivity contribution in [3.05, 3.63) is 59.2 Å². The van der Waals surface area contributed by atoms with E-state index in [1.165, 1.54) is 23.1 Å². The number of benzene rings is 2. The van der Waals surface area contributed by atoms with Crippen molar-refractivity contribution in [1.29, 1.82) is 0 Å². The van der Waals surface area contributed by atoms with Gasteiger partial charge in [0.2, 0.25) is 0 Å². The van der Waals surface area contributed by atoms with Gasteiger partial charge in [-0.05, 0) is 36.8 Å². The molecule has 1 atom stereocenters. The summed E-state index contributed by atoms with van der Waals surface area (Å²) in [6.07, 6.45) is -6.60. The number of anilines is 1. The van der Waals surface area contributed by atoms with Gasteiger partial charge < -0.3 is 15.0 Å². The fourth-order valence-corrected chi connectivity index (χ4v) is 3.59. The number of nitrogens with one attached hydrogen (secondary N) is 1. The molecular weight excluding hydrogens is 452 g/mol. The second-order valence-corrected chi connectivity index (χ2v) is 7.67. The number of aromatic nitrogens is 2. The van der Waals surface area contributed by atoms with Crippen LogP contribution in [-0.2, 0) is 0 Å². The van der Waals surface area contributed by atoms with Crippen LogP contribution in [0.5, 0.6) is 5.75 Å². The van der Waals surface area contributed by atoms with E-state index in [9.17, 15) is 22.4 Å². The van der Waals surface area contributed by atoms with Gasteiger partial charge in [0.1, 0.15) is 11.6 Å². The molecule has 0 saturated carbocycles. The highest BCUT2D eigenvalue weighted by Gasteiger charge is 2.44. The summed E-state index contributed by atoms with van der Waals surface area (Å²) in [6, 6.07) is 10.1. The van der Waals surface area contributed by atoms with Crippen LogP contribution in [0.25, 0.3) is 11.0 Å². The number of alkyl halides is 4. The number of halogens is 5. The van der Waals surface area contributed by atoms with Crippen molar-refractivity contribution in [2.75, 3.05) is 18.4 Å². The van der Waals surface area contributed by atoms with Crippen LogP contribution in [0.1, 0.15) is 16.8 Å². The molecule has 11 heteroatoms. The normalized spacial score (nSPS) is 16.6. The van der Waals surface area contributed by atoms with Gasteiger partial charge in [-0.2, -0.15) is 17.6 Å². The number of hydrogen-bond donors (Lipinski definition) is 1. The van der Waals surface area contributed by atoms with Crippen LogP contribution in [0.3, 0.4) is 0 Å². The molecule has 2 heterocycles. The first kappa shape index (κ1) is 22.1. The summed E-state index contributed by atoms with van der Waals surface area (Å²) in [5.74, 6) is -0.692. The third-order valence-corrected chi connectivity index (χ3v) is 5.18. The monoisotopic (exact) mass is 468 g/mol. The van der Waals surface area contributed by atoms with Crippen molar-refractivity contribution in [3.63, 3.8) is 0 Å². The second-order valence-electron chi connectivity index (χ2n) is 7.23. The van der Waals surface area contributed by atoms with Crippen molar-refractivity contribution in [3.8, 4) is 5.75 Å². The van der Waals surface area contributed by atoms with E-state index in [0.29, 0.717) is 34.8 Å². The summed E-state index contributed by atoms with van der Waals surface area (Å²) < 4.78 is 55.9. The summed E-state index contributed by atoms with van der Waals surface area (Å²) in [7, 11) is 0. The average Bonchev–Trinajstić information content (AvgIpc) is 3.21. The maximum atomic E-state index is 13.4. The molecule has 32 heavy (non-hydrogen) atoms. The van der Waals surface area contributed by atoms with Crippen LogP contribution < -0.4 is 10.1 Å². The van der Waals surface area contributed by atoms with E-state index < -0.39 is 24.2 Å². The highest BCUT2D eigenvalue weighted by molar-refractivity contribution is 6.31. The zero-order chi connectivity index (χ0) is 22.9. The maximum Gasteiger partial charge on any atom is 0.461 e. The fraction of sp³-hybridized carbons (Fsp3) is 0.286. The summed E-state index contributed by atoms with van der Waals surface area (Å²) in [5, 5.41) is 3.72. The van der Waals surface area contributed by atoms with Gasteiger partial charge in [0.05, 0.1) is 22.8 Å². The third kappa shape index (κ3) is 4.69. The molecule has 1 N–H and O–H groups in total. The molecular formula is C21H17ClF4N4O2. The molecule has 0 aliphatic carbocycles. The molecule has 0 bridgehead atoms. The Morgan fingerprint density at radius 1 is 1.22 bits per heavy atom. The lowest BCUT2D eigenvalue weighted by molar-refractivity contribution is -0.253. The molecule has 1 fully saturated rings. The topological polar surface area (TPSA) is 67.3 Å². The van der Waals surface area contributed by atoms with E-state index in [1.807, 2.05) is 0 Å². The number of rotatable bonds is 6. The van der Waals surface area contributed by atoms with Gasteiger partial charge in [-0.15, -0.1) is 0 Å². The maximum absolute atomic E-state index is 13.4. The Hall–Kier alpha value is -3.14. The molecule has 3 aromatic rings. The molecule has 0 radical (unpaired) electrons. The Bertz CT molecular complexity index is 1150. The smallest absolute Gasteiger partial charge is 0.427 e. The van der Waals surface area contributed by atoms with Gasteiger partial charge in [-0.3, -0.25) is 9.78 Å². The predicted octanol–water partition coefficient (Wildman–Crippen LogP) is 4.85. The lowest BCUT2D eigenvalue weighted by atomic mass is 10.1. The Morgan fingerprint density at radius 3 is 2.78 bits per heavy atom. The number of amides is 1. The van der Waals surface area contributed by atoms with Gasteiger partial charge in [-0.1, -0.05) is 23.7 Å². The number of hydrogen-bond acceptors (Lipinski definition) is 5. The zero-order valence-corrected chi connectivity index (χ0v) is 17.2. The second kappa shape index (κ2) is 8.78. The molecule has 6 nitrogen and oxygen atoms in total. The van der Waals surface area contributed by atoms with E-state index in [4.69, 9.17) is 11.6 Å². The summed E-state index contributed by atoms with van der Waals surface area (Å²) in [4.78, 5) is 23.1. The molecule has 4 rings (SSSR count). The van der Waals surface area contributed by atoms with E-state index in [1.54, 1.807) is 24.4 Å². The van der Waals surface area contributed by atoms with E-state index in [2.05, 4.69) is 20.0 Å². The standard InChI is InChI=1S/C21H17ClF4N4O2/c22-12-5-6-15-16(9-12)29-18(10-27-15)28-13-7-8-30(11-13)19(31)14-3-1-2-4-17(14)32-21(25,26)20(23)24/h1-6,9-10,13,20H,7-8,11H2,(H,28,29). The largest absolute Gasteiger partial charge is 0.461 e. The minimum absolute atomic E-state index is 0.166. The molecule has 1 aromatic heterocycles. The fourth-order valence-electron chi connectivity index (χ4n) is 3.42. The first-order valence-electron chi connectivity index (χ1n) is 9.65. The molecule has 1 aliphatic heterocycles. The Morgan fingerprint density at radius 2 is 2.00 bits per heavy atom. The van der Waals surface area contributed by atoms with Crippen LogP contribution in [0, 0.1) is 0 Å². The predicted molar refractivity (Wildman–Crippen MR) is 111 cm³/mol. The van der Waals surface area contributed by atoms with Crippen molar-refractivity contribution < 1.29 is 27.1 Å². The number of carbonyl (C=O) groups is 1. The molecule has 0 spiro atoms. The summed E-state index contributed by atoms with van der Waals surface area (Å²) in [5.41, 5.74) is 1.08. The van der Waals surface area contributed by atoms with Crippen molar-refractivity contribution in [1.82, 2.24) is 14.9 Å². The van der Waals surface area contributed by atoms with E-state index in [0.717, 1.165) is 6.07 Å². The highest BCUT2D eigenvalue weighted by Crippen LogP contribution is 2.31. The first-order valence-corrected chi connectivity index (χ1v) is 10.0. The number of nitrogens with zero attached hydrogens (tertiary/aromatic N) is 3. The van der Waals surface area contributed by atoms with Gasteiger partial charge in [-0.25, -0.2) is 4.98 Å². The van der Waals surface area contributed by atoms with Crippen molar-refractivity contribution in [2.24, 2.45) is 0 Å². The number of carbonyl (C=O) groups excluding carboxylic acids is 1. The molecule has 1 saturated heterocycles. The lowest BCUT2D eigenvalue weighted by Gasteiger charge is -2.21. The SMILES string of the molecule is O=C(c1ccccc1OC(F)(F)C(F)F)N1CCC(Nc2cnc3ccc(Cl)cc3n2)C1. The molecule has 1 aliphatic rings. The molecule has 2 aromatic carbocycles. The van der Waals surface area contributed by atoms with Crippen molar-refractivity contribution in [2.45, 2.75) is 25.0 Å². The number of fused-ring (bicyclic) bond motifs is 1. The van der Waals surface area contributed by atoms with Crippen molar-refractivity contribution >= 4 is 34.4 Å². The minimum atomic E-state index is -4.71. The number of para-hydroxylation sites is 1. The van der Waals surface area contributed by atoms with Crippen LogP contribution in [0.2, 0.25) is 5.02 Å². The van der Waals surface area contributed by atoms with Crippen LogP contribution in [-0.4, -0.2) is 52.4 Å². The molecule has 168 valence electrons. The van der Waals surface area contributed by atoms with Gasteiger partial charge in [0.15, 0.2) is 0 Å². The Balaban J connectivity index is 1.45. The van der Waals surface area contributed by atoms with E-state index >= 15 is 0 Å². The Labute approximate surface area is 185 Å². The van der Waals surface area contributed by atoms with Gasteiger partial charge in [0.25, 0.3) is 5.91 Å². The van der Waals surface area contributed by atoms with Gasteiger partial charge >= 0.3 is 12.5 Å². The molecule has 1 unspecified atom stereocenters. The van der Waals surface area contributed by atoms with E-state index in [-0.39, 0.29) is 18.2 Å². The summed E-state index contributed by atoms with van der Waals surface area (Å²) >= 11 is 5.99. The van der Waals surface area contributed by atoms with Gasteiger partial charge in [0, 0.05) is 24.2 Å². The third-order valence-electron chi connectivity index (χ3n) is 4.95. The first-order chi connectivity index (χ1) is 15.2.